The molecule has 0 fully saturated rings. The number of anilines is 1. The molecule has 2 aromatic carbocycles. The third kappa shape index (κ3) is 4.78. The van der Waals surface area contributed by atoms with Crippen LogP contribution in [0.1, 0.15) is 16.1 Å². The predicted molar refractivity (Wildman–Crippen MR) is 105 cm³/mol. The van der Waals surface area contributed by atoms with Gasteiger partial charge in [0.05, 0.1) is 26.9 Å². The van der Waals surface area contributed by atoms with E-state index >= 15 is 0 Å². The Morgan fingerprint density at radius 2 is 1.93 bits per heavy atom. The smallest absolute Gasteiger partial charge is 0.340 e. The lowest BCUT2D eigenvalue weighted by atomic mass is 10.2. The van der Waals surface area contributed by atoms with Crippen LogP contribution in [0.5, 0.6) is 0 Å². The van der Waals surface area contributed by atoms with Crippen molar-refractivity contribution in [3.63, 3.8) is 0 Å². The minimum absolute atomic E-state index is 0.0454. The summed E-state index contributed by atoms with van der Waals surface area (Å²) in [7, 11) is 0. The minimum atomic E-state index is -0.984. The van der Waals surface area contributed by atoms with Gasteiger partial charge < -0.3 is 10.1 Å². The number of ether oxygens (including phenoxy) is 1. The Kier molecular flexibility index (Phi) is 6.07. The quantitative estimate of drug-likeness (QED) is 0.361. The van der Waals surface area contributed by atoms with Crippen LogP contribution in [0.15, 0.2) is 48.5 Å². The topological polar surface area (TPSA) is 116 Å². The number of nitrogens with zero attached hydrogens (tertiary/aromatic N) is 3. The molecule has 3 aromatic rings. The number of benzene rings is 2. The predicted octanol–water partition coefficient (Wildman–Crippen LogP) is 3.68. The first kappa shape index (κ1) is 20.9. The molecule has 0 unspecified atom stereocenters. The molecule has 3 rings (SSSR count). The van der Waals surface area contributed by atoms with E-state index in [1.54, 1.807) is 13.0 Å². The molecule has 0 bridgehead atoms. The number of carbonyl (C=O) groups excluding carboxylic acids is 2. The zero-order valence-corrected chi connectivity index (χ0v) is 16.2. The Balaban J connectivity index is 1.69. The van der Waals surface area contributed by atoms with Crippen LogP contribution in [0.25, 0.3) is 5.69 Å². The zero-order valence-electron chi connectivity index (χ0n) is 15.5. The molecule has 0 aliphatic rings. The molecular weight excluding hydrogens is 419 g/mol. The molecule has 1 N–H and O–H groups in total. The van der Waals surface area contributed by atoms with E-state index in [1.165, 1.54) is 35.0 Å². The number of hydrogen-bond acceptors (Lipinski definition) is 6. The highest BCUT2D eigenvalue weighted by Crippen LogP contribution is 2.23. The lowest BCUT2D eigenvalue weighted by Crippen LogP contribution is -2.22. The van der Waals surface area contributed by atoms with Gasteiger partial charge in [0.1, 0.15) is 11.6 Å². The number of rotatable bonds is 6. The normalized spacial score (nSPS) is 10.5. The average Bonchev–Trinajstić information content (AvgIpc) is 3.06. The number of aromatic nitrogens is 2. The highest BCUT2D eigenvalue weighted by atomic mass is 35.5. The molecule has 1 aromatic heterocycles. The van der Waals surface area contributed by atoms with E-state index in [9.17, 15) is 24.1 Å². The van der Waals surface area contributed by atoms with Gasteiger partial charge in [-0.1, -0.05) is 11.6 Å². The van der Waals surface area contributed by atoms with E-state index in [1.807, 2.05) is 0 Å². The molecule has 0 saturated carbocycles. The van der Waals surface area contributed by atoms with Crippen LogP contribution in [-0.2, 0) is 9.53 Å². The fourth-order valence-corrected chi connectivity index (χ4v) is 2.73. The van der Waals surface area contributed by atoms with Crippen LogP contribution in [0, 0.1) is 22.9 Å². The van der Waals surface area contributed by atoms with Crippen LogP contribution in [-0.4, -0.2) is 33.2 Å². The summed E-state index contributed by atoms with van der Waals surface area (Å²) in [6.45, 7) is 1.05. The van der Waals surface area contributed by atoms with Gasteiger partial charge in [-0.3, -0.25) is 14.9 Å². The van der Waals surface area contributed by atoms with E-state index in [2.05, 4.69) is 10.4 Å². The van der Waals surface area contributed by atoms with Crippen molar-refractivity contribution in [2.24, 2.45) is 0 Å². The number of nitro benzene ring substituents is 1. The summed E-state index contributed by atoms with van der Waals surface area (Å²) in [6, 6.07) is 10.4. The molecule has 0 radical (unpaired) electrons. The van der Waals surface area contributed by atoms with Gasteiger partial charge in [0, 0.05) is 18.2 Å². The van der Waals surface area contributed by atoms with Crippen molar-refractivity contribution in [2.45, 2.75) is 6.92 Å². The Hall–Kier alpha value is -3.79. The third-order valence-electron chi connectivity index (χ3n) is 3.89. The van der Waals surface area contributed by atoms with Crippen LogP contribution >= 0.6 is 11.6 Å². The fourth-order valence-electron chi connectivity index (χ4n) is 2.54. The molecule has 9 nitrogen and oxygen atoms in total. The number of esters is 1. The molecule has 0 aliphatic carbocycles. The van der Waals surface area contributed by atoms with Gasteiger partial charge in [-0.2, -0.15) is 5.10 Å². The summed E-state index contributed by atoms with van der Waals surface area (Å²) in [5, 5.41) is 17.6. The second-order valence-electron chi connectivity index (χ2n) is 6.10. The zero-order chi connectivity index (χ0) is 21.8. The van der Waals surface area contributed by atoms with Crippen LogP contribution in [0.3, 0.4) is 0 Å². The summed E-state index contributed by atoms with van der Waals surface area (Å²) in [5.74, 6) is -1.79. The molecule has 0 spiro atoms. The lowest BCUT2D eigenvalue weighted by molar-refractivity contribution is -0.384. The maximum absolute atomic E-state index is 13.1. The number of nitro groups is 1. The summed E-state index contributed by atoms with van der Waals surface area (Å²) in [5.41, 5.74) is 0.538. The van der Waals surface area contributed by atoms with E-state index in [0.717, 1.165) is 12.1 Å². The Morgan fingerprint density at radius 1 is 1.23 bits per heavy atom. The number of hydrogen-bond donors (Lipinski definition) is 1. The van der Waals surface area contributed by atoms with Gasteiger partial charge in [0.2, 0.25) is 0 Å². The molecule has 1 heterocycles. The van der Waals surface area contributed by atoms with E-state index in [0.29, 0.717) is 11.4 Å². The maximum atomic E-state index is 13.1. The van der Waals surface area contributed by atoms with Crippen molar-refractivity contribution >= 4 is 35.0 Å². The average molecular weight is 433 g/mol. The Labute approximate surface area is 174 Å². The van der Waals surface area contributed by atoms with Crippen molar-refractivity contribution in [2.75, 3.05) is 11.9 Å². The van der Waals surface area contributed by atoms with Crippen molar-refractivity contribution in [3.8, 4) is 5.69 Å². The van der Waals surface area contributed by atoms with E-state index in [4.69, 9.17) is 16.3 Å². The van der Waals surface area contributed by atoms with Gasteiger partial charge in [0.15, 0.2) is 6.61 Å². The summed E-state index contributed by atoms with van der Waals surface area (Å²) < 4.78 is 19.4. The maximum Gasteiger partial charge on any atom is 0.340 e. The molecule has 11 heteroatoms. The highest BCUT2D eigenvalue weighted by Gasteiger charge is 2.19. The molecule has 1 amide bonds. The SMILES string of the molecule is Cc1cc(NC(=O)COC(=O)c2cc([N+](=O)[O-])ccc2Cl)n(-c2ccc(F)cc2)n1. The largest absolute Gasteiger partial charge is 0.452 e. The summed E-state index contributed by atoms with van der Waals surface area (Å²) in [6.07, 6.45) is 0. The Morgan fingerprint density at radius 3 is 2.60 bits per heavy atom. The monoisotopic (exact) mass is 432 g/mol. The first-order chi connectivity index (χ1) is 14.2. The van der Waals surface area contributed by atoms with Gasteiger partial charge in [-0.25, -0.2) is 13.9 Å². The molecule has 0 saturated heterocycles. The van der Waals surface area contributed by atoms with Crippen molar-refractivity contribution in [1.82, 2.24) is 9.78 Å². The molecule has 0 atom stereocenters. The minimum Gasteiger partial charge on any atom is -0.452 e. The van der Waals surface area contributed by atoms with Crippen LogP contribution in [0.2, 0.25) is 5.02 Å². The lowest BCUT2D eigenvalue weighted by Gasteiger charge is -2.10. The Bertz CT molecular complexity index is 1130. The molecule has 0 aliphatic heterocycles. The molecular formula is C19H14ClFN4O5. The standard InChI is InChI=1S/C19H14ClFN4O5/c1-11-8-17(24(23-11)13-4-2-12(21)3-5-13)22-18(26)10-30-19(27)15-9-14(25(28)29)6-7-16(15)20/h2-9H,10H2,1H3,(H,22,26). The number of aryl methyl sites for hydroxylation is 1. The first-order valence-electron chi connectivity index (χ1n) is 8.48. The third-order valence-corrected chi connectivity index (χ3v) is 4.21. The van der Waals surface area contributed by atoms with Crippen LogP contribution < -0.4 is 5.32 Å². The van der Waals surface area contributed by atoms with Gasteiger partial charge in [-0.05, 0) is 37.3 Å². The van der Waals surface area contributed by atoms with Gasteiger partial charge in [0.25, 0.3) is 11.6 Å². The molecule has 30 heavy (non-hydrogen) atoms. The van der Waals surface area contributed by atoms with E-state index in [-0.39, 0.29) is 22.1 Å². The fraction of sp³-hybridized carbons (Fsp3) is 0.105. The molecule has 154 valence electrons. The number of amides is 1. The van der Waals surface area contributed by atoms with Crippen LogP contribution in [0.4, 0.5) is 15.9 Å². The second kappa shape index (κ2) is 8.70. The first-order valence-corrected chi connectivity index (χ1v) is 8.86. The van der Waals surface area contributed by atoms with E-state index < -0.39 is 29.2 Å². The summed E-state index contributed by atoms with van der Waals surface area (Å²) in [4.78, 5) is 34.5. The number of non-ortho nitro benzene ring substituents is 1. The summed E-state index contributed by atoms with van der Waals surface area (Å²) >= 11 is 5.88. The van der Waals surface area contributed by atoms with Crippen molar-refractivity contribution in [1.29, 1.82) is 0 Å². The van der Waals surface area contributed by atoms with Crippen molar-refractivity contribution < 1.29 is 23.6 Å². The number of halogens is 2. The van der Waals surface area contributed by atoms with Gasteiger partial charge >= 0.3 is 5.97 Å². The number of carbonyl (C=O) groups is 2. The van der Waals surface area contributed by atoms with Crippen molar-refractivity contribution in [3.05, 3.63) is 80.7 Å². The highest BCUT2D eigenvalue weighted by molar-refractivity contribution is 6.33. The second-order valence-corrected chi connectivity index (χ2v) is 6.51. The number of nitrogens with one attached hydrogen (secondary N) is 1. The van der Waals surface area contributed by atoms with Gasteiger partial charge in [-0.15, -0.1) is 0 Å².